The first-order valence-electron chi connectivity index (χ1n) is 2.94. The number of aliphatic hydroxyl groups is 2. The van der Waals surface area contributed by atoms with Gasteiger partial charge < -0.3 is 10.2 Å². The molecule has 0 aromatic rings. The van der Waals surface area contributed by atoms with E-state index in [4.69, 9.17) is 10.2 Å². The van der Waals surface area contributed by atoms with Crippen LogP contribution in [0.25, 0.3) is 0 Å². The van der Waals surface area contributed by atoms with Crippen LogP contribution >= 0.6 is 0 Å². The van der Waals surface area contributed by atoms with Crippen molar-refractivity contribution in [1.82, 2.24) is 0 Å². The molecule has 0 aliphatic heterocycles. The summed E-state index contributed by atoms with van der Waals surface area (Å²) in [5.74, 6) is 0. The van der Waals surface area contributed by atoms with Gasteiger partial charge in [0.15, 0.2) is 11.7 Å². The number of rotatable bonds is 1. The molecule has 2 N–H and O–H groups in total. The molecule has 0 saturated carbocycles. The number of aliphatic hydroxyl groups excluding tert-OH is 1. The van der Waals surface area contributed by atoms with Gasteiger partial charge in [-0.25, -0.2) is 0 Å². The lowest BCUT2D eigenvalue weighted by molar-refractivity contribution is -0.334. The minimum Gasteiger partial charge on any atom is -0.381 e. The minimum atomic E-state index is -5.54. The van der Waals surface area contributed by atoms with Crippen molar-refractivity contribution in [2.45, 2.75) is 31.0 Å². The Morgan fingerprint density at radius 1 is 1.00 bits per heavy atom. The van der Waals surface area contributed by atoms with Gasteiger partial charge in [0.2, 0.25) is 0 Å². The van der Waals surface area contributed by atoms with Crippen LogP contribution in [0.15, 0.2) is 0 Å². The Hall–Kier alpha value is -0.500. The van der Waals surface area contributed by atoms with Gasteiger partial charge in [0.25, 0.3) is 0 Å². The van der Waals surface area contributed by atoms with Crippen LogP contribution in [0.5, 0.6) is 0 Å². The monoisotopic (exact) mass is 212 g/mol. The molecule has 80 valence electrons. The van der Waals surface area contributed by atoms with Crippen molar-refractivity contribution in [2.75, 3.05) is 0 Å². The molecule has 0 amide bonds. The molecule has 0 rings (SSSR count). The Bertz CT molecular complexity index is 180. The third kappa shape index (κ3) is 2.47. The van der Waals surface area contributed by atoms with Crippen LogP contribution in [0.1, 0.15) is 6.92 Å². The normalized spacial score (nSPS) is 21.0. The summed E-state index contributed by atoms with van der Waals surface area (Å²) in [6.07, 6.45) is -14.9. The maximum atomic E-state index is 11.7. The van der Waals surface area contributed by atoms with Gasteiger partial charge >= 0.3 is 12.4 Å². The largest absolute Gasteiger partial charge is 0.419 e. The smallest absolute Gasteiger partial charge is 0.381 e. The summed E-state index contributed by atoms with van der Waals surface area (Å²) in [4.78, 5) is 0. The van der Waals surface area contributed by atoms with Crippen molar-refractivity contribution in [3.05, 3.63) is 0 Å². The van der Waals surface area contributed by atoms with E-state index in [1.165, 1.54) is 0 Å². The summed E-state index contributed by atoms with van der Waals surface area (Å²) >= 11 is 0. The van der Waals surface area contributed by atoms with E-state index in [2.05, 4.69) is 0 Å². The molecule has 8 heteroatoms. The molecule has 0 aliphatic rings. The van der Waals surface area contributed by atoms with E-state index in [0.29, 0.717) is 0 Å². The van der Waals surface area contributed by atoms with Crippen molar-refractivity contribution < 1.29 is 36.6 Å². The fourth-order valence-corrected chi connectivity index (χ4v) is 0.474. The van der Waals surface area contributed by atoms with Gasteiger partial charge in [-0.3, -0.25) is 0 Å². The van der Waals surface area contributed by atoms with Crippen molar-refractivity contribution in [1.29, 1.82) is 0 Å². The van der Waals surface area contributed by atoms with Crippen LogP contribution in [-0.4, -0.2) is 34.3 Å². The Morgan fingerprint density at radius 3 is 1.38 bits per heavy atom. The first-order valence-corrected chi connectivity index (χ1v) is 2.94. The SMILES string of the molecule is CC(O)(C(O)C(F)(F)F)C(F)(F)F. The Balaban J connectivity index is 4.86. The topological polar surface area (TPSA) is 40.5 Å². The molecule has 0 aromatic heterocycles. The third-order valence-corrected chi connectivity index (χ3v) is 1.42. The van der Waals surface area contributed by atoms with Crippen LogP contribution in [0.2, 0.25) is 0 Å². The van der Waals surface area contributed by atoms with E-state index < -0.39 is 24.1 Å². The molecule has 0 radical (unpaired) electrons. The van der Waals surface area contributed by atoms with Crippen molar-refractivity contribution >= 4 is 0 Å². The first kappa shape index (κ1) is 12.5. The van der Waals surface area contributed by atoms with Crippen molar-refractivity contribution in [2.24, 2.45) is 0 Å². The Kier molecular flexibility index (Phi) is 2.90. The summed E-state index contributed by atoms with van der Waals surface area (Å²) in [5.41, 5.74) is -4.19. The third-order valence-electron chi connectivity index (χ3n) is 1.42. The number of alkyl halides is 6. The van der Waals surface area contributed by atoms with E-state index in [1.807, 2.05) is 0 Å². The average molecular weight is 212 g/mol. The maximum absolute atomic E-state index is 11.7. The predicted molar refractivity (Wildman–Crippen MR) is 28.7 cm³/mol. The minimum absolute atomic E-state index is 0.148. The Labute approximate surface area is 68.8 Å². The van der Waals surface area contributed by atoms with Crippen LogP contribution in [0, 0.1) is 0 Å². The lowest BCUT2D eigenvalue weighted by Gasteiger charge is -2.31. The highest BCUT2D eigenvalue weighted by Gasteiger charge is 2.63. The summed E-state index contributed by atoms with van der Waals surface area (Å²) in [7, 11) is 0. The van der Waals surface area contributed by atoms with Gasteiger partial charge in [-0.05, 0) is 6.92 Å². The Morgan fingerprint density at radius 2 is 1.31 bits per heavy atom. The second-order valence-electron chi connectivity index (χ2n) is 2.59. The molecule has 2 nitrogen and oxygen atoms in total. The van der Waals surface area contributed by atoms with Gasteiger partial charge in [-0.15, -0.1) is 0 Å². The van der Waals surface area contributed by atoms with E-state index in [-0.39, 0.29) is 6.92 Å². The summed E-state index contributed by atoms with van der Waals surface area (Å²) < 4.78 is 69.8. The van der Waals surface area contributed by atoms with E-state index in [9.17, 15) is 26.3 Å². The molecule has 2 unspecified atom stereocenters. The second-order valence-corrected chi connectivity index (χ2v) is 2.59. The second kappa shape index (κ2) is 3.02. The van der Waals surface area contributed by atoms with E-state index in [1.54, 1.807) is 0 Å². The molecule has 0 bridgehead atoms. The highest BCUT2D eigenvalue weighted by molar-refractivity contribution is 4.92. The highest BCUT2D eigenvalue weighted by Crippen LogP contribution is 2.38. The quantitative estimate of drug-likeness (QED) is 0.641. The number of halogens is 6. The standard InChI is InChI=1S/C5H6F6O2/c1-3(13,5(9,10)11)2(12)4(6,7)8/h2,12-13H,1H3. The number of hydrogen-bond donors (Lipinski definition) is 2. The summed E-state index contributed by atoms with van der Waals surface area (Å²) in [5, 5.41) is 16.5. The van der Waals surface area contributed by atoms with Crippen molar-refractivity contribution in [3.8, 4) is 0 Å². The molecule has 0 spiro atoms. The average Bonchev–Trinajstić information content (AvgIpc) is 1.81. The van der Waals surface area contributed by atoms with Gasteiger partial charge in [0, 0.05) is 0 Å². The molecular formula is C5H6F6O2. The van der Waals surface area contributed by atoms with Crippen LogP contribution < -0.4 is 0 Å². The predicted octanol–water partition coefficient (Wildman–Crippen LogP) is 1.22. The van der Waals surface area contributed by atoms with Gasteiger partial charge in [0.05, 0.1) is 0 Å². The van der Waals surface area contributed by atoms with Crippen LogP contribution in [0.4, 0.5) is 26.3 Å². The molecular weight excluding hydrogens is 206 g/mol. The molecule has 0 saturated heterocycles. The van der Waals surface area contributed by atoms with Crippen LogP contribution in [0.3, 0.4) is 0 Å². The zero-order valence-corrected chi connectivity index (χ0v) is 6.24. The molecule has 0 heterocycles. The summed E-state index contributed by atoms with van der Waals surface area (Å²) in [6.45, 7) is -0.148. The zero-order valence-electron chi connectivity index (χ0n) is 6.24. The van der Waals surface area contributed by atoms with Gasteiger partial charge in [0.1, 0.15) is 0 Å². The lowest BCUT2D eigenvalue weighted by Crippen LogP contribution is -2.57. The lowest BCUT2D eigenvalue weighted by atomic mass is 9.98. The van der Waals surface area contributed by atoms with Gasteiger partial charge in [-0.2, -0.15) is 26.3 Å². The van der Waals surface area contributed by atoms with E-state index >= 15 is 0 Å². The van der Waals surface area contributed by atoms with Crippen LogP contribution in [-0.2, 0) is 0 Å². The maximum Gasteiger partial charge on any atom is 0.419 e. The highest BCUT2D eigenvalue weighted by atomic mass is 19.4. The zero-order chi connectivity index (χ0) is 11.1. The molecule has 13 heavy (non-hydrogen) atoms. The molecule has 0 fully saturated rings. The van der Waals surface area contributed by atoms with E-state index in [0.717, 1.165) is 0 Å². The van der Waals surface area contributed by atoms with Gasteiger partial charge in [-0.1, -0.05) is 0 Å². The summed E-state index contributed by atoms with van der Waals surface area (Å²) in [6, 6.07) is 0. The van der Waals surface area contributed by atoms with Crippen molar-refractivity contribution in [3.63, 3.8) is 0 Å². The number of hydrogen-bond acceptors (Lipinski definition) is 2. The molecule has 0 aliphatic carbocycles. The molecule has 0 aromatic carbocycles. The molecule has 2 atom stereocenters. The fourth-order valence-electron chi connectivity index (χ4n) is 0.474. The first-order chi connectivity index (χ1) is 5.40. The fraction of sp³-hybridized carbons (Fsp3) is 1.00.